The lowest BCUT2D eigenvalue weighted by Gasteiger charge is -2.35. The van der Waals surface area contributed by atoms with Gasteiger partial charge in [0, 0.05) is 12.9 Å². The van der Waals surface area contributed by atoms with Gasteiger partial charge in [-0.2, -0.15) is 0 Å². The molecule has 2 unspecified atom stereocenters. The zero-order chi connectivity index (χ0) is 19.3. The van der Waals surface area contributed by atoms with Crippen molar-refractivity contribution in [2.45, 2.75) is 38.8 Å². The van der Waals surface area contributed by atoms with Crippen molar-refractivity contribution in [2.24, 2.45) is 0 Å². The number of likely N-dealkylation sites (N-methyl/N-ethyl adjacent to an activating group) is 1. The minimum absolute atomic E-state index is 0.425. The molecule has 0 aromatic heterocycles. The van der Waals surface area contributed by atoms with Crippen LogP contribution in [0.25, 0.3) is 0 Å². The van der Waals surface area contributed by atoms with E-state index in [1.165, 1.54) is 6.82 Å². The molecule has 6 N–H and O–H groups in total. The third-order valence-electron chi connectivity index (χ3n) is 4.07. The number of rotatable bonds is 16. The highest BCUT2D eigenvalue weighted by atomic mass is 16.4. The van der Waals surface area contributed by atoms with Crippen molar-refractivity contribution in [1.29, 1.82) is 5.41 Å². The maximum atomic E-state index is 11.2. The summed E-state index contributed by atoms with van der Waals surface area (Å²) in [7, 11) is 1.13. The molecular formula is C13H32B3N4O5+. The average Bonchev–Trinajstić information content (AvgIpc) is 2.50. The van der Waals surface area contributed by atoms with Gasteiger partial charge in [0.1, 0.15) is 6.40 Å². The van der Waals surface area contributed by atoms with Crippen molar-refractivity contribution in [2.75, 3.05) is 33.2 Å². The van der Waals surface area contributed by atoms with Gasteiger partial charge in [-0.05, 0) is 26.5 Å². The number of carboxylic acid groups (broad SMARTS) is 1. The van der Waals surface area contributed by atoms with Gasteiger partial charge in [0.15, 0.2) is 0 Å². The zero-order valence-electron chi connectivity index (χ0n) is 15.6. The fourth-order valence-electron chi connectivity index (χ4n) is 2.71. The number of nitrogens with one attached hydrogen (secondary N) is 3. The van der Waals surface area contributed by atoms with Gasteiger partial charge in [0.2, 0.25) is 0 Å². The van der Waals surface area contributed by atoms with Crippen LogP contribution in [0.2, 0.25) is 20.0 Å². The van der Waals surface area contributed by atoms with Crippen LogP contribution in [0.1, 0.15) is 12.8 Å². The highest BCUT2D eigenvalue weighted by Crippen LogP contribution is 2.09. The molecule has 0 saturated heterocycles. The van der Waals surface area contributed by atoms with E-state index < -0.39 is 26.1 Å². The Bertz CT molecular complexity index is 393. The molecule has 12 heteroatoms. The topological polar surface area (TPSA) is 135 Å². The second kappa shape index (κ2) is 13.2. The van der Waals surface area contributed by atoms with Crippen LogP contribution < -0.4 is 10.5 Å². The first-order valence-electron chi connectivity index (χ1n) is 8.72. The van der Waals surface area contributed by atoms with E-state index in [0.717, 1.165) is 32.4 Å². The second-order valence-corrected chi connectivity index (χ2v) is 6.64. The third kappa shape index (κ3) is 12.9. The molecule has 0 spiro atoms. The molecule has 0 aliphatic heterocycles. The van der Waals surface area contributed by atoms with Crippen LogP contribution in [0, 0.1) is 5.41 Å². The molecule has 0 fully saturated rings. The Labute approximate surface area is 151 Å². The van der Waals surface area contributed by atoms with E-state index in [2.05, 4.69) is 17.5 Å². The van der Waals surface area contributed by atoms with E-state index in [-0.39, 0.29) is 0 Å². The minimum Gasteiger partial charge on any atom is -0.557 e. The molecule has 0 aliphatic carbocycles. The highest BCUT2D eigenvalue weighted by molar-refractivity contribution is 6.46. The lowest BCUT2D eigenvalue weighted by molar-refractivity contribution is -0.906. The number of aliphatic carboxylic acids is 1. The summed E-state index contributed by atoms with van der Waals surface area (Å²) in [6, 6.07) is -0.773. The maximum absolute atomic E-state index is 11.2. The van der Waals surface area contributed by atoms with Crippen LogP contribution in [0.5, 0.6) is 0 Å². The van der Waals surface area contributed by atoms with Gasteiger partial charge >= 0.3 is 27.6 Å². The summed E-state index contributed by atoms with van der Waals surface area (Å²) in [5, 5.41) is 40.3. The van der Waals surface area contributed by atoms with Crippen molar-refractivity contribution in [3.05, 3.63) is 0 Å². The largest absolute Gasteiger partial charge is 0.557 e. The molecule has 25 heavy (non-hydrogen) atoms. The van der Waals surface area contributed by atoms with Gasteiger partial charge in [0.25, 0.3) is 0 Å². The molecule has 0 radical (unpaired) electrons. The highest BCUT2D eigenvalue weighted by Gasteiger charge is 2.25. The first kappa shape index (κ1) is 23.9. The van der Waals surface area contributed by atoms with Crippen molar-refractivity contribution in [3.63, 3.8) is 0 Å². The minimum atomic E-state index is -0.967. The summed E-state index contributed by atoms with van der Waals surface area (Å²) in [5.41, 5.74) is 0. The molecule has 0 amide bonds. The molecule has 0 bridgehead atoms. The number of quaternary nitrogens is 1. The molecule has 0 saturated carbocycles. The van der Waals surface area contributed by atoms with Gasteiger partial charge in [-0.3, -0.25) is 10.2 Å². The van der Waals surface area contributed by atoms with Gasteiger partial charge in [-0.25, -0.2) is 0 Å². The molecule has 0 rings (SSSR count). The Morgan fingerprint density at radius 1 is 1.32 bits per heavy atom. The van der Waals surface area contributed by atoms with Crippen molar-refractivity contribution >= 4 is 34.0 Å². The van der Waals surface area contributed by atoms with Gasteiger partial charge in [-0.1, -0.05) is 0 Å². The molecule has 142 valence electrons. The number of hydrogen-bond acceptors (Lipinski definition) is 7. The quantitative estimate of drug-likeness (QED) is 0.0648. The van der Waals surface area contributed by atoms with Crippen molar-refractivity contribution in [3.8, 4) is 0 Å². The maximum Gasteiger partial charge on any atom is 0.374 e. The molecular weight excluding hydrogens is 325 g/mol. The van der Waals surface area contributed by atoms with Crippen molar-refractivity contribution < 1.29 is 29.1 Å². The fourth-order valence-corrected chi connectivity index (χ4v) is 2.71. The first-order chi connectivity index (χ1) is 11.7. The molecule has 2 atom stereocenters. The number of carboxylic acids is 1. The smallest absolute Gasteiger partial charge is 0.374 e. The SMILES string of the molecule is CB(O)NCC[N+](C)(CCBOC=N)CCCC(NB(C)O)C(=O)O. The van der Waals surface area contributed by atoms with Crippen molar-refractivity contribution in [1.82, 2.24) is 10.5 Å². The third-order valence-corrected chi connectivity index (χ3v) is 4.07. The van der Waals surface area contributed by atoms with Crippen LogP contribution in [-0.4, -0.2) is 92.9 Å². The standard InChI is InChI=1S/C13H31B3N4O5/c1-15(23)18-7-10-20(3,9-6-14-25-11-17)8-4-5-12(13(21)22)19-16(2)24/h11-12,14,17-19,23-24H,4-10H2,1-3H3/p+1. The monoisotopic (exact) mass is 357 g/mol. The second-order valence-electron chi connectivity index (χ2n) is 6.64. The van der Waals surface area contributed by atoms with Crippen LogP contribution >= 0.6 is 0 Å². The van der Waals surface area contributed by atoms with E-state index >= 15 is 0 Å². The van der Waals surface area contributed by atoms with E-state index in [4.69, 9.17) is 10.1 Å². The predicted molar refractivity (Wildman–Crippen MR) is 102 cm³/mol. The molecule has 0 aliphatic rings. The van der Waals surface area contributed by atoms with E-state index in [1.807, 2.05) is 0 Å². The Kier molecular flexibility index (Phi) is 12.6. The predicted octanol–water partition coefficient (Wildman–Crippen LogP) is -1.54. The van der Waals surface area contributed by atoms with Crippen LogP contribution in [0.3, 0.4) is 0 Å². The summed E-state index contributed by atoms with van der Waals surface area (Å²) in [4.78, 5) is 11.2. The molecule has 0 heterocycles. The van der Waals surface area contributed by atoms with Gasteiger partial charge in [0.05, 0.1) is 32.7 Å². The number of nitrogens with zero attached hydrogens (tertiary/aromatic N) is 1. The van der Waals surface area contributed by atoms with E-state index in [9.17, 15) is 19.9 Å². The van der Waals surface area contributed by atoms with Crippen LogP contribution in [0.15, 0.2) is 0 Å². The molecule has 0 aromatic carbocycles. The Morgan fingerprint density at radius 3 is 2.52 bits per heavy atom. The Hall–Kier alpha value is -1.07. The summed E-state index contributed by atoms with van der Waals surface area (Å²) in [6.07, 6.45) is 2.83. The summed E-state index contributed by atoms with van der Waals surface area (Å²) >= 11 is 0. The number of carbonyl (C=O) groups is 1. The Balaban J connectivity index is 4.51. The van der Waals surface area contributed by atoms with Crippen LogP contribution in [-0.2, 0) is 9.45 Å². The lowest BCUT2D eigenvalue weighted by atomic mass is 9.86. The molecule has 9 nitrogen and oxygen atoms in total. The normalized spacial score (nSPS) is 14.3. The first-order valence-corrected chi connectivity index (χ1v) is 8.72. The average molecular weight is 357 g/mol. The van der Waals surface area contributed by atoms with Gasteiger partial charge < -0.3 is 34.7 Å². The summed E-state index contributed by atoms with van der Waals surface area (Å²) in [5.74, 6) is -0.967. The lowest BCUT2D eigenvalue weighted by Crippen LogP contribution is -2.51. The van der Waals surface area contributed by atoms with Gasteiger partial charge in [-0.15, -0.1) is 0 Å². The molecule has 0 aromatic rings. The zero-order valence-corrected chi connectivity index (χ0v) is 15.6. The summed E-state index contributed by atoms with van der Waals surface area (Å²) in [6.45, 7) is 6.21. The fraction of sp³-hybridized carbons (Fsp3) is 0.846. The van der Waals surface area contributed by atoms with E-state index in [1.54, 1.807) is 6.82 Å². The van der Waals surface area contributed by atoms with Crippen LogP contribution in [0.4, 0.5) is 0 Å². The summed E-state index contributed by atoms with van der Waals surface area (Å²) < 4.78 is 5.66. The Morgan fingerprint density at radius 2 is 2.00 bits per heavy atom. The number of hydrogen-bond donors (Lipinski definition) is 6. The van der Waals surface area contributed by atoms with E-state index in [0.29, 0.717) is 31.4 Å².